The van der Waals surface area contributed by atoms with Crippen LogP contribution >= 0.6 is 12.2 Å². The predicted molar refractivity (Wildman–Crippen MR) is 48.7 cm³/mol. The van der Waals surface area contributed by atoms with E-state index in [-0.39, 0.29) is 0 Å². The van der Waals surface area contributed by atoms with Crippen molar-refractivity contribution in [1.29, 1.82) is 0 Å². The fraction of sp³-hybridized carbons (Fsp3) is 0.857. The van der Waals surface area contributed by atoms with Crippen LogP contribution in [0.2, 0.25) is 0 Å². The van der Waals surface area contributed by atoms with Gasteiger partial charge >= 0.3 is 0 Å². The van der Waals surface area contributed by atoms with Gasteiger partial charge in [0.25, 0.3) is 0 Å². The summed E-state index contributed by atoms with van der Waals surface area (Å²) in [5.41, 5.74) is 5.38. The molecule has 0 atom stereocenters. The smallest absolute Gasteiger partial charge is 0.0740 e. The molecule has 0 bridgehead atoms. The first kappa shape index (κ1) is 8.90. The Hall–Kier alpha value is -0.190. The lowest BCUT2D eigenvalue weighted by Gasteiger charge is -2.26. The molecule has 2 N–H and O–H groups in total. The van der Waals surface area contributed by atoms with E-state index < -0.39 is 0 Å². The van der Waals surface area contributed by atoms with Gasteiger partial charge in [-0.25, -0.2) is 0 Å². The SMILES string of the molecule is NC(=S)CCN1CCOCC1. The fourth-order valence-corrected chi connectivity index (χ4v) is 1.18. The van der Waals surface area contributed by atoms with E-state index in [4.69, 9.17) is 22.7 Å². The minimum atomic E-state index is 0.608. The van der Waals surface area contributed by atoms with Crippen LogP contribution in [0.25, 0.3) is 0 Å². The molecule has 0 spiro atoms. The minimum Gasteiger partial charge on any atom is -0.393 e. The van der Waals surface area contributed by atoms with E-state index in [2.05, 4.69) is 4.90 Å². The average molecular weight is 174 g/mol. The molecule has 0 radical (unpaired) electrons. The van der Waals surface area contributed by atoms with E-state index in [0.29, 0.717) is 4.99 Å². The summed E-state index contributed by atoms with van der Waals surface area (Å²) in [4.78, 5) is 2.93. The van der Waals surface area contributed by atoms with Crippen molar-refractivity contribution >= 4 is 17.2 Å². The monoisotopic (exact) mass is 174 g/mol. The van der Waals surface area contributed by atoms with Crippen molar-refractivity contribution in [1.82, 2.24) is 4.90 Å². The summed E-state index contributed by atoms with van der Waals surface area (Å²) in [6, 6.07) is 0. The van der Waals surface area contributed by atoms with Gasteiger partial charge in [-0.1, -0.05) is 12.2 Å². The van der Waals surface area contributed by atoms with Crippen molar-refractivity contribution in [3.8, 4) is 0 Å². The van der Waals surface area contributed by atoms with E-state index >= 15 is 0 Å². The second-order valence-corrected chi connectivity index (χ2v) is 3.19. The summed E-state index contributed by atoms with van der Waals surface area (Å²) >= 11 is 4.78. The van der Waals surface area contributed by atoms with Gasteiger partial charge in [0.05, 0.1) is 18.2 Å². The van der Waals surface area contributed by atoms with Crippen molar-refractivity contribution in [2.75, 3.05) is 32.8 Å². The summed E-state index contributed by atoms with van der Waals surface area (Å²) < 4.78 is 5.20. The number of thiocarbonyl (C=S) groups is 1. The van der Waals surface area contributed by atoms with Crippen molar-refractivity contribution in [2.24, 2.45) is 5.73 Å². The largest absolute Gasteiger partial charge is 0.393 e. The van der Waals surface area contributed by atoms with Crippen molar-refractivity contribution in [3.05, 3.63) is 0 Å². The lowest BCUT2D eigenvalue weighted by atomic mass is 10.3. The Balaban J connectivity index is 2.09. The molecule has 1 saturated heterocycles. The van der Waals surface area contributed by atoms with Crippen molar-refractivity contribution in [3.63, 3.8) is 0 Å². The molecule has 1 fully saturated rings. The highest BCUT2D eigenvalue weighted by molar-refractivity contribution is 7.80. The highest BCUT2D eigenvalue weighted by Gasteiger charge is 2.09. The van der Waals surface area contributed by atoms with Crippen LogP contribution in [0.1, 0.15) is 6.42 Å². The molecule has 0 aromatic heterocycles. The molecule has 3 nitrogen and oxygen atoms in total. The van der Waals surface area contributed by atoms with E-state index in [1.807, 2.05) is 0 Å². The summed E-state index contributed by atoms with van der Waals surface area (Å²) in [6.07, 6.45) is 0.829. The number of nitrogens with two attached hydrogens (primary N) is 1. The van der Waals surface area contributed by atoms with Gasteiger partial charge in [-0.05, 0) is 0 Å². The van der Waals surface area contributed by atoms with E-state index in [0.717, 1.165) is 39.3 Å². The molecular weight excluding hydrogens is 160 g/mol. The summed E-state index contributed by atoms with van der Waals surface area (Å²) in [5.74, 6) is 0. The van der Waals surface area contributed by atoms with Crippen LogP contribution < -0.4 is 5.73 Å². The molecule has 11 heavy (non-hydrogen) atoms. The minimum absolute atomic E-state index is 0.608. The Labute approximate surface area is 72.5 Å². The normalized spacial score (nSPS) is 20.0. The third kappa shape index (κ3) is 3.65. The van der Waals surface area contributed by atoms with Crippen LogP contribution in [-0.2, 0) is 4.74 Å². The molecule has 1 aliphatic rings. The maximum atomic E-state index is 5.38. The maximum absolute atomic E-state index is 5.38. The number of rotatable bonds is 3. The van der Waals surface area contributed by atoms with Gasteiger partial charge in [0.1, 0.15) is 0 Å². The summed E-state index contributed by atoms with van der Waals surface area (Å²) in [6.45, 7) is 4.71. The van der Waals surface area contributed by atoms with Gasteiger partial charge in [0.15, 0.2) is 0 Å². The van der Waals surface area contributed by atoms with Crippen LogP contribution in [0.15, 0.2) is 0 Å². The molecule has 0 saturated carbocycles. The molecule has 64 valence electrons. The molecule has 0 amide bonds. The number of ether oxygens (including phenoxy) is 1. The van der Waals surface area contributed by atoms with Gasteiger partial charge in [-0.2, -0.15) is 0 Å². The Bertz CT molecular complexity index is 134. The lowest BCUT2D eigenvalue weighted by molar-refractivity contribution is 0.0392. The molecule has 4 heteroatoms. The highest BCUT2D eigenvalue weighted by atomic mass is 32.1. The molecule has 1 rings (SSSR count). The second-order valence-electron chi connectivity index (χ2n) is 2.67. The molecule has 0 unspecified atom stereocenters. The van der Waals surface area contributed by atoms with Gasteiger partial charge in [-0.3, -0.25) is 4.90 Å². The Morgan fingerprint density at radius 3 is 2.64 bits per heavy atom. The first-order valence-corrected chi connectivity index (χ1v) is 4.28. The topological polar surface area (TPSA) is 38.5 Å². The lowest BCUT2D eigenvalue weighted by Crippen LogP contribution is -2.37. The van der Waals surface area contributed by atoms with E-state index in [1.165, 1.54) is 0 Å². The third-order valence-electron chi connectivity index (χ3n) is 1.78. The Morgan fingerprint density at radius 1 is 1.45 bits per heavy atom. The van der Waals surface area contributed by atoms with Crippen molar-refractivity contribution < 1.29 is 4.74 Å². The zero-order valence-corrected chi connectivity index (χ0v) is 7.40. The van der Waals surface area contributed by atoms with Crippen LogP contribution in [0.4, 0.5) is 0 Å². The number of nitrogens with zero attached hydrogens (tertiary/aromatic N) is 1. The molecule has 0 aromatic rings. The molecule has 0 aliphatic carbocycles. The summed E-state index contributed by atoms with van der Waals surface area (Å²) in [7, 11) is 0. The van der Waals surface area contributed by atoms with Crippen LogP contribution in [-0.4, -0.2) is 42.7 Å². The van der Waals surface area contributed by atoms with Gasteiger partial charge in [-0.15, -0.1) is 0 Å². The molecular formula is C7H14N2OS. The zero-order chi connectivity index (χ0) is 8.10. The Morgan fingerprint density at radius 2 is 2.09 bits per heavy atom. The third-order valence-corrected chi connectivity index (χ3v) is 1.98. The van der Waals surface area contributed by atoms with Crippen LogP contribution in [0.3, 0.4) is 0 Å². The van der Waals surface area contributed by atoms with Crippen molar-refractivity contribution in [2.45, 2.75) is 6.42 Å². The first-order chi connectivity index (χ1) is 5.29. The quantitative estimate of drug-likeness (QED) is 0.611. The average Bonchev–Trinajstić information content (AvgIpc) is 2.03. The Kier molecular flexibility index (Phi) is 3.76. The van der Waals surface area contributed by atoms with Crippen LogP contribution in [0, 0.1) is 0 Å². The standard InChI is InChI=1S/C7H14N2OS/c8-7(11)1-2-9-3-5-10-6-4-9/h1-6H2,(H2,8,11). The van der Waals surface area contributed by atoms with Gasteiger partial charge in [0, 0.05) is 26.1 Å². The maximum Gasteiger partial charge on any atom is 0.0740 e. The fourth-order valence-electron chi connectivity index (χ4n) is 1.09. The molecule has 0 aromatic carbocycles. The number of hydrogen-bond donors (Lipinski definition) is 1. The highest BCUT2D eigenvalue weighted by Crippen LogP contribution is 1.97. The van der Waals surface area contributed by atoms with Gasteiger partial charge < -0.3 is 10.5 Å². The number of morpholine rings is 1. The second kappa shape index (κ2) is 4.64. The summed E-state index contributed by atoms with van der Waals surface area (Å²) in [5, 5.41) is 0. The van der Waals surface area contributed by atoms with E-state index in [1.54, 1.807) is 0 Å². The van der Waals surface area contributed by atoms with E-state index in [9.17, 15) is 0 Å². The first-order valence-electron chi connectivity index (χ1n) is 3.87. The zero-order valence-electron chi connectivity index (χ0n) is 6.58. The number of hydrogen-bond acceptors (Lipinski definition) is 3. The van der Waals surface area contributed by atoms with Crippen LogP contribution in [0.5, 0.6) is 0 Å². The predicted octanol–water partition coefficient (Wildman–Crippen LogP) is -0.00520. The molecule has 1 heterocycles. The molecule has 1 aliphatic heterocycles. The van der Waals surface area contributed by atoms with Gasteiger partial charge in [0.2, 0.25) is 0 Å².